The van der Waals surface area contributed by atoms with Gasteiger partial charge < -0.3 is 4.90 Å². The molecule has 108 valence electrons. The number of nitrogens with zero attached hydrogens (tertiary/aromatic N) is 1. The number of carbonyl (C=O) groups is 2. The van der Waals surface area contributed by atoms with Gasteiger partial charge in [-0.1, -0.05) is 19.9 Å². The highest BCUT2D eigenvalue weighted by Gasteiger charge is 2.35. The van der Waals surface area contributed by atoms with Crippen molar-refractivity contribution in [3.63, 3.8) is 0 Å². The third-order valence-corrected chi connectivity index (χ3v) is 5.11. The van der Waals surface area contributed by atoms with Gasteiger partial charge in [0.15, 0.2) is 5.78 Å². The number of hydrogen-bond donors (Lipinski definition) is 0. The molecule has 20 heavy (non-hydrogen) atoms. The summed E-state index contributed by atoms with van der Waals surface area (Å²) in [5, 5.41) is -0.526. The maximum Gasteiger partial charge on any atom is 0.242 e. The van der Waals surface area contributed by atoms with Crippen LogP contribution in [0.1, 0.15) is 44.0 Å². The molecule has 0 N–H and O–H groups in total. The molecule has 1 aliphatic rings. The van der Waals surface area contributed by atoms with Gasteiger partial charge in [-0.25, -0.2) is 0 Å². The van der Waals surface area contributed by atoms with Gasteiger partial charge in [-0.3, -0.25) is 13.8 Å². The molecule has 2 unspecified atom stereocenters. The number of ketones is 1. The van der Waals surface area contributed by atoms with Gasteiger partial charge >= 0.3 is 0 Å². The van der Waals surface area contributed by atoms with Crippen LogP contribution in [0.3, 0.4) is 0 Å². The average Bonchev–Trinajstić information content (AvgIpc) is 2.48. The normalized spacial score (nSPS) is 21.8. The molecule has 1 heterocycles. The van der Waals surface area contributed by atoms with Gasteiger partial charge in [0.05, 0.1) is 21.4 Å². The fraction of sp³-hybridized carbons (Fsp3) is 0.467. The topological polar surface area (TPSA) is 54.5 Å². The van der Waals surface area contributed by atoms with Crippen molar-refractivity contribution in [2.75, 3.05) is 11.4 Å². The molecule has 4 nitrogen and oxygen atoms in total. The molecule has 0 fully saturated rings. The Kier molecular flexibility index (Phi) is 4.38. The maximum absolute atomic E-state index is 12.3. The van der Waals surface area contributed by atoms with Crippen LogP contribution < -0.4 is 4.90 Å². The second kappa shape index (κ2) is 5.87. The molecule has 0 radical (unpaired) electrons. The third kappa shape index (κ3) is 2.42. The molecule has 0 aliphatic carbocycles. The number of anilines is 1. The van der Waals surface area contributed by atoms with Crippen molar-refractivity contribution < 1.29 is 13.8 Å². The van der Waals surface area contributed by atoms with Crippen LogP contribution in [0, 0.1) is 0 Å². The molecule has 0 saturated carbocycles. The van der Waals surface area contributed by atoms with E-state index in [4.69, 9.17) is 0 Å². The fourth-order valence-electron chi connectivity index (χ4n) is 2.35. The van der Waals surface area contributed by atoms with E-state index in [1.165, 1.54) is 0 Å². The molecule has 1 amide bonds. The van der Waals surface area contributed by atoms with Gasteiger partial charge in [0.25, 0.3) is 0 Å². The molecule has 5 heteroatoms. The number of rotatable bonds is 4. The molecule has 1 aromatic rings. The first-order valence-corrected chi connectivity index (χ1v) is 8.11. The second-order valence-corrected chi connectivity index (χ2v) is 6.63. The predicted octanol–water partition coefficient (Wildman–Crippen LogP) is 2.53. The summed E-state index contributed by atoms with van der Waals surface area (Å²) in [5.41, 5.74) is 1.21. The molecular formula is C15H19NO3S. The Morgan fingerprint density at radius 3 is 2.65 bits per heavy atom. The van der Waals surface area contributed by atoms with E-state index in [2.05, 4.69) is 0 Å². The lowest BCUT2D eigenvalue weighted by Gasteiger charge is -2.32. The summed E-state index contributed by atoms with van der Waals surface area (Å²) in [4.78, 5) is 26.4. The molecule has 2 rings (SSSR count). The van der Waals surface area contributed by atoms with E-state index in [0.29, 0.717) is 29.1 Å². The molecule has 0 saturated heterocycles. The minimum atomic E-state index is -1.34. The van der Waals surface area contributed by atoms with Crippen molar-refractivity contribution in [1.82, 2.24) is 0 Å². The van der Waals surface area contributed by atoms with Crippen LogP contribution in [0.15, 0.2) is 23.1 Å². The number of Topliss-reactive ketones (excluding diaryl/α,β-unsaturated/α-hetero) is 1. The summed E-state index contributed by atoms with van der Waals surface area (Å²) in [6, 6.07) is 5.13. The van der Waals surface area contributed by atoms with Crippen LogP contribution >= 0.6 is 0 Å². The standard InChI is InChI=1S/C15H19NO3S/c1-4-8-16-12-9-11(13(17)5-2)6-7-14(12)20(19)10(3)15(16)18/h6-7,9-10H,4-5,8H2,1-3H3. The van der Waals surface area contributed by atoms with E-state index in [-0.39, 0.29) is 11.7 Å². The minimum absolute atomic E-state index is 0.0288. The number of benzene rings is 1. The van der Waals surface area contributed by atoms with E-state index in [1.807, 2.05) is 6.92 Å². The van der Waals surface area contributed by atoms with Crippen molar-refractivity contribution in [2.45, 2.75) is 43.8 Å². The summed E-state index contributed by atoms with van der Waals surface area (Å²) in [5.74, 6) is -0.0973. The summed E-state index contributed by atoms with van der Waals surface area (Å²) in [7, 11) is -1.34. The lowest BCUT2D eigenvalue weighted by molar-refractivity contribution is -0.118. The van der Waals surface area contributed by atoms with Crippen molar-refractivity contribution in [2.24, 2.45) is 0 Å². The van der Waals surface area contributed by atoms with Crippen molar-refractivity contribution in [3.8, 4) is 0 Å². The van der Waals surface area contributed by atoms with Gasteiger partial charge in [-0.2, -0.15) is 0 Å². The van der Waals surface area contributed by atoms with Crippen LogP contribution in [0.2, 0.25) is 0 Å². The SMILES string of the molecule is CCCN1C(=O)C(C)S(=O)c2ccc(C(=O)CC)cc21. The molecule has 0 spiro atoms. The van der Waals surface area contributed by atoms with E-state index in [0.717, 1.165) is 6.42 Å². The molecular weight excluding hydrogens is 274 g/mol. The first kappa shape index (κ1) is 14.9. The van der Waals surface area contributed by atoms with Gasteiger partial charge in [0.2, 0.25) is 5.91 Å². The van der Waals surface area contributed by atoms with Crippen molar-refractivity contribution >= 4 is 28.2 Å². The Hall–Kier alpha value is -1.49. The molecule has 0 bridgehead atoms. The second-order valence-electron chi connectivity index (χ2n) is 4.89. The van der Waals surface area contributed by atoms with Crippen LogP contribution in [0.25, 0.3) is 0 Å². The van der Waals surface area contributed by atoms with E-state index >= 15 is 0 Å². The zero-order valence-electron chi connectivity index (χ0n) is 12.0. The van der Waals surface area contributed by atoms with Crippen molar-refractivity contribution in [1.29, 1.82) is 0 Å². The first-order chi connectivity index (χ1) is 9.51. The quantitative estimate of drug-likeness (QED) is 0.802. The zero-order valence-corrected chi connectivity index (χ0v) is 12.8. The van der Waals surface area contributed by atoms with Crippen LogP contribution in [0.5, 0.6) is 0 Å². The largest absolute Gasteiger partial charge is 0.310 e. The van der Waals surface area contributed by atoms with E-state index in [9.17, 15) is 13.8 Å². The Morgan fingerprint density at radius 2 is 2.05 bits per heavy atom. The van der Waals surface area contributed by atoms with Crippen molar-refractivity contribution in [3.05, 3.63) is 23.8 Å². The van der Waals surface area contributed by atoms with Crippen LogP contribution in [-0.4, -0.2) is 27.7 Å². The highest BCUT2D eigenvalue weighted by molar-refractivity contribution is 7.86. The first-order valence-electron chi connectivity index (χ1n) is 6.90. The molecule has 1 aromatic carbocycles. The summed E-state index contributed by atoms with van der Waals surface area (Å²) >= 11 is 0. The van der Waals surface area contributed by atoms with Crippen LogP contribution in [0.4, 0.5) is 5.69 Å². The molecule has 1 aliphatic heterocycles. The smallest absolute Gasteiger partial charge is 0.242 e. The fourth-order valence-corrected chi connectivity index (χ4v) is 3.62. The summed E-state index contributed by atoms with van der Waals surface area (Å²) in [6.45, 7) is 6.06. The predicted molar refractivity (Wildman–Crippen MR) is 79.6 cm³/mol. The lowest BCUT2D eigenvalue weighted by Crippen LogP contribution is -2.44. The number of fused-ring (bicyclic) bond motifs is 1. The monoisotopic (exact) mass is 293 g/mol. The third-order valence-electron chi connectivity index (χ3n) is 3.49. The Balaban J connectivity index is 2.56. The Bertz CT molecular complexity index is 582. The van der Waals surface area contributed by atoms with Gasteiger partial charge in [-0.05, 0) is 25.5 Å². The average molecular weight is 293 g/mol. The zero-order chi connectivity index (χ0) is 14.9. The van der Waals surface area contributed by atoms with E-state index < -0.39 is 16.0 Å². The minimum Gasteiger partial charge on any atom is -0.310 e. The Labute approximate surface area is 121 Å². The highest BCUT2D eigenvalue weighted by atomic mass is 32.2. The number of hydrogen-bond acceptors (Lipinski definition) is 3. The van der Waals surface area contributed by atoms with Crippen LogP contribution in [-0.2, 0) is 15.6 Å². The molecule has 2 atom stereocenters. The van der Waals surface area contributed by atoms with Gasteiger partial charge in [0, 0.05) is 18.5 Å². The number of carbonyl (C=O) groups excluding carboxylic acids is 2. The van der Waals surface area contributed by atoms with Gasteiger partial charge in [0.1, 0.15) is 5.25 Å². The highest BCUT2D eigenvalue weighted by Crippen LogP contribution is 2.33. The summed E-state index contributed by atoms with van der Waals surface area (Å²) < 4.78 is 12.3. The molecule has 0 aromatic heterocycles. The summed E-state index contributed by atoms with van der Waals surface area (Å²) in [6.07, 6.45) is 1.23. The number of amides is 1. The lowest BCUT2D eigenvalue weighted by atomic mass is 10.1. The van der Waals surface area contributed by atoms with E-state index in [1.54, 1.807) is 36.9 Å². The Morgan fingerprint density at radius 1 is 1.35 bits per heavy atom. The van der Waals surface area contributed by atoms with Gasteiger partial charge in [-0.15, -0.1) is 0 Å². The maximum atomic E-state index is 12.3.